The van der Waals surface area contributed by atoms with Crippen molar-refractivity contribution in [1.29, 1.82) is 0 Å². The van der Waals surface area contributed by atoms with Gasteiger partial charge in [0.1, 0.15) is 11.4 Å². The molecule has 4 nitrogen and oxygen atoms in total. The van der Waals surface area contributed by atoms with E-state index in [1.54, 1.807) is 32.9 Å². The van der Waals surface area contributed by atoms with Gasteiger partial charge in [0.05, 0.1) is 0 Å². The number of hydrogen-bond donors (Lipinski definition) is 0. The van der Waals surface area contributed by atoms with E-state index < -0.39 is 17.5 Å². The van der Waals surface area contributed by atoms with Gasteiger partial charge in [0.25, 0.3) is 0 Å². The first-order chi connectivity index (χ1) is 8.69. The molecule has 0 radical (unpaired) electrons. The van der Waals surface area contributed by atoms with Crippen LogP contribution < -0.4 is 0 Å². The second-order valence-corrected chi connectivity index (χ2v) is 5.29. The Morgan fingerprint density at radius 2 is 1.95 bits per heavy atom. The standard InChI is InChI=1S/C14H18FNO3/c1-14(2,3)19-13(18)12(17)16(4)9-10-6-5-7-11(15)8-10/h5-8H,9H2,1-4H3. The molecule has 0 heterocycles. The lowest BCUT2D eigenvalue weighted by Crippen LogP contribution is -2.37. The highest BCUT2D eigenvalue weighted by molar-refractivity contribution is 6.32. The molecule has 0 spiro atoms. The maximum absolute atomic E-state index is 13.0. The number of ether oxygens (including phenoxy) is 1. The van der Waals surface area contributed by atoms with E-state index in [4.69, 9.17) is 4.74 Å². The van der Waals surface area contributed by atoms with Crippen molar-refractivity contribution in [3.63, 3.8) is 0 Å². The van der Waals surface area contributed by atoms with Crippen molar-refractivity contribution in [2.45, 2.75) is 32.9 Å². The van der Waals surface area contributed by atoms with E-state index in [2.05, 4.69) is 0 Å². The zero-order valence-electron chi connectivity index (χ0n) is 11.6. The minimum absolute atomic E-state index is 0.149. The number of carbonyl (C=O) groups excluding carboxylic acids is 2. The van der Waals surface area contributed by atoms with E-state index in [0.29, 0.717) is 5.56 Å². The Kier molecular flexibility index (Phi) is 4.64. The summed E-state index contributed by atoms with van der Waals surface area (Å²) in [5, 5.41) is 0. The Bertz CT molecular complexity index is 480. The van der Waals surface area contributed by atoms with Crippen molar-refractivity contribution in [3.05, 3.63) is 35.6 Å². The summed E-state index contributed by atoms with van der Waals surface area (Å²) >= 11 is 0. The zero-order chi connectivity index (χ0) is 14.6. The van der Waals surface area contributed by atoms with E-state index in [9.17, 15) is 14.0 Å². The summed E-state index contributed by atoms with van der Waals surface area (Å²) in [4.78, 5) is 24.5. The first-order valence-corrected chi connectivity index (χ1v) is 5.92. The molecule has 104 valence electrons. The molecule has 0 fully saturated rings. The van der Waals surface area contributed by atoms with E-state index in [-0.39, 0.29) is 12.4 Å². The van der Waals surface area contributed by atoms with Crippen molar-refractivity contribution in [2.75, 3.05) is 7.05 Å². The van der Waals surface area contributed by atoms with Crippen LogP contribution in [0.4, 0.5) is 4.39 Å². The highest BCUT2D eigenvalue weighted by atomic mass is 19.1. The number of esters is 1. The van der Waals surface area contributed by atoms with Gasteiger partial charge in [-0.25, -0.2) is 9.18 Å². The van der Waals surface area contributed by atoms with Crippen molar-refractivity contribution in [3.8, 4) is 0 Å². The van der Waals surface area contributed by atoms with Crippen LogP contribution in [0, 0.1) is 5.82 Å². The second kappa shape index (κ2) is 5.82. The molecule has 5 heteroatoms. The minimum atomic E-state index is -0.911. The van der Waals surface area contributed by atoms with E-state index in [1.165, 1.54) is 24.1 Å². The zero-order valence-corrected chi connectivity index (χ0v) is 11.6. The molecule has 1 amide bonds. The van der Waals surface area contributed by atoms with Gasteiger partial charge in [0.15, 0.2) is 0 Å². The van der Waals surface area contributed by atoms with Crippen LogP contribution in [0.5, 0.6) is 0 Å². The average molecular weight is 267 g/mol. The Labute approximate surface area is 112 Å². The number of carbonyl (C=O) groups is 2. The lowest BCUT2D eigenvalue weighted by Gasteiger charge is -2.22. The smallest absolute Gasteiger partial charge is 0.397 e. The maximum Gasteiger partial charge on any atom is 0.397 e. The number of rotatable bonds is 2. The molecule has 0 aliphatic heterocycles. The van der Waals surface area contributed by atoms with Gasteiger partial charge in [-0.3, -0.25) is 4.79 Å². The predicted molar refractivity (Wildman–Crippen MR) is 68.7 cm³/mol. The normalized spacial score (nSPS) is 11.0. The van der Waals surface area contributed by atoms with E-state index in [0.717, 1.165) is 0 Å². The van der Waals surface area contributed by atoms with Gasteiger partial charge < -0.3 is 9.64 Å². The Balaban J connectivity index is 2.65. The fourth-order valence-electron chi connectivity index (χ4n) is 1.46. The van der Waals surface area contributed by atoms with Gasteiger partial charge in [0, 0.05) is 13.6 Å². The molecule has 0 bridgehead atoms. The van der Waals surface area contributed by atoms with Crippen LogP contribution in [0.25, 0.3) is 0 Å². The summed E-state index contributed by atoms with van der Waals surface area (Å²) in [5.74, 6) is -2.04. The van der Waals surface area contributed by atoms with Crippen molar-refractivity contribution in [2.24, 2.45) is 0 Å². The first kappa shape index (κ1) is 15.1. The molecule has 0 aromatic heterocycles. The summed E-state index contributed by atoms with van der Waals surface area (Å²) in [7, 11) is 1.47. The average Bonchev–Trinajstić information content (AvgIpc) is 2.25. The highest BCUT2D eigenvalue weighted by Crippen LogP contribution is 2.10. The number of nitrogens with zero attached hydrogens (tertiary/aromatic N) is 1. The molecule has 0 unspecified atom stereocenters. The lowest BCUT2D eigenvalue weighted by atomic mass is 10.2. The van der Waals surface area contributed by atoms with Gasteiger partial charge in [0.2, 0.25) is 0 Å². The topological polar surface area (TPSA) is 46.6 Å². The van der Waals surface area contributed by atoms with Gasteiger partial charge >= 0.3 is 11.9 Å². The second-order valence-electron chi connectivity index (χ2n) is 5.29. The summed E-state index contributed by atoms with van der Waals surface area (Å²) in [5.41, 5.74) is -0.105. The fourth-order valence-corrected chi connectivity index (χ4v) is 1.46. The minimum Gasteiger partial charge on any atom is -0.453 e. The maximum atomic E-state index is 13.0. The molecule has 0 aliphatic rings. The van der Waals surface area contributed by atoms with Crippen LogP contribution in [0.1, 0.15) is 26.3 Å². The number of likely N-dealkylation sites (N-methyl/N-ethyl adjacent to an activating group) is 1. The third kappa shape index (κ3) is 5.07. The number of benzene rings is 1. The van der Waals surface area contributed by atoms with E-state index >= 15 is 0 Å². The molecule has 0 saturated carbocycles. The van der Waals surface area contributed by atoms with Crippen LogP contribution in [-0.2, 0) is 20.9 Å². The molecule has 0 saturated heterocycles. The molecular weight excluding hydrogens is 249 g/mol. The van der Waals surface area contributed by atoms with Crippen molar-refractivity contribution >= 4 is 11.9 Å². The molecule has 1 aromatic rings. The molecule has 1 rings (SSSR count). The van der Waals surface area contributed by atoms with Crippen LogP contribution in [-0.4, -0.2) is 29.4 Å². The Morgan fingerprint density at radius 1 is 1.32 bits per heavy atom. The summed E-state index contributed by atoms with van der Waals surface area (Å²) in [6, 6.07) is 5.87. The summed E-state index contributed by atoms with van der Waals surface area (Å²) in [6.45, 7) is 5.20. The van der Waals surface area contributed by atoms with Crippen molar-refractivity contribution in [1.82, 2.24) is 4.90 Å². The molecule has 19 heavy (non-hydrogen) atoms. The van der Waals surface area contributed by atoms with Crippen molar-refractivity contribution < 1.29 is 18.7 Å². The quantitative estimate of drug-likeness (QED) is 0.609. The number of halogens is 1. The Morgan fingerprint density at radius 3 is 2.47 bits per heavy atom. The molecular formula is C14H18FNO3. The van der Waals surface area contributed by atoms with Crippen LogP contribution in [0.2, 0.25) is 0 Å². The third-order valence-electron chi connectivity index (χ3n) is 2.23. The summed E-state index contributed by atoms with van der Waals surface area (Å²) < 4.78 is 18.0. The SMILES string of the molecule is CN(Cc1cccc(F)c1)C(=O)C(=O)OC(C)(C)C. The Hall–Kier alpha value is -1.91. The summed E-state index contributed by atoms with van der Waals surface area (Å²) in [6.07, 6.45) is 0. The van der Waals surface area contributed by atoms with Gasteiger partial charge in [-0.15, -0.1) is 0 Å². The largest absolute Gasteiger partial charge is 0.453 e. The van der Waals surface area contributed by atoms with Gasteiger partial charge in [-0.05, 0) is 38.5 Å². The van der Waals surface area contributed by atoms with Crippen LogP contribution in [0.15, 0.2) is 24.3 Å². The molecule has 0 N–H and O–H groups in total. The highest BCUT2D eigenvalue weighted by Gasteiger charge is 2.25. The van der Waals surface area contributed by atoms with Gasteiger partial charge in [-0.2, -0.15) is 0 Å². The first-order valence-electron chi connectivity index (χ1n) is 5.92. The number of hydrogen-bond acceptors (Lipinski definition) is 3. The lowest BCUT2D eigenvalue weighted by molar-refractivity contribution is -0.167. The molecule has 0 atom stereocenters. The predicted octanol–water partition coefficient (Wildman–Crippen LogP) is 2.13. The van der Waals surface area contributed by atoms with Crippen LogP contribution in [0.3, 0.4) is 0 Å². The van der Waals surface area contributed by atoms with E-state index in [1.807, 2.05) is 0 Å². The van der Waals surface area contributed by atoms with Crippen LogP contribution >= 0.6 is 0 Å². The van der Waals surface area contributed by atoms with Gasteiger partial charge in [-0.1, -0.05) is 12.1 Å². The molecule has 0 aliphatic carbocycles. The monoisotopic (exact) mass is 267 g/mol. The fraction of sp³-hybridized carbons (Fsp3) is 0.429. The molecule has 1 aromatic carbocycles. The number of amides is 1. The third-order valence-corrected chi connectivity index (χ3v) is 2.23.